The average Bonchev–Trinajstić information content (AvgIpc) is 3.46. The highest BCUT2D eigenvalue weighted by molar-refractivity contribution is 6.16. The van der Waals surface area contributed by atoms with Crippen LogP contribution in [0.15, 0.2) is 120 Å². The first-order chi connectivity index (χ1) is 16.3. The largest absolute Gasteiger partial charge is 0.456 e. The Kier molecular flexibility index (Phi) is 3.62. The lowest BCUT2D eigenvalue weighted by Crippen LogP contribution is -2.26. The van der Waals surface area contributed by atoms with Crippen molar-refractivity contribution in [1.29, 1.82) is 0 Å². The van der Waals surface area contributed by atoms with Crippen LogP contribution in [0.1, 0.15) is 29.2 Å². The Bertz CT molecular complexity index is 1690. The summed E-state index contributed by atoms with van der Waals surface area (Å²) in [6, 6.07) is 30.6. The van der Waals surface area contributed by atoms with Gasteiger partial charge in [0.05, 0.1) is 5.41 Å². The second-order valence-corrected chi connectivity index (χ2v) is 8.93. The maximum atomic E-state index is 6.28. The molecule has 1 heterocycles. The van der Waals surface area contributed by atoms with Crippen molar-refractivity contribution < 1.29 is 4.42 Å². The van der Waals surface area contributed by atoms with E-state index in [1.54, 1.807) is 0 Å². The van der Waals surface area contributed by atoms with E-state index >= 15 is 0 Å². The molecule has 0 radical (unpaired) electrons. The summed E-state index contributed by atoms with van der Waals surface area (Å²) in [5.41, 5.74) is 12.2. The van der Waals surface area contributed by atoms with Gasteiger partial charge in [-0.1, -0.05) is 97.6 Å². The highest BCUT2D eigenvalue weighted by Crippen LogP contribution is 2.63. The number of hydrogen-bond donors (Lipinski definition) is 0. The van der Waals surface area contributed by atoms with Gasteiger partial charge in [0.25, 0.3) is 0 Å². The van der Waals surface area contributed by atoms with Crippen LogP contribution in [-0.2, 0) is 5.41 Å². The molecular weight excluding hydrogens is 400 g/mol. The summed E-state index contributed by atoms with van der Waals surface area (Å²) in [4.78, 5) is 0. The smallest absolute Gasteiger partial charge is 0.136 e. The molecular formula is C32H22O. The highest BCUT2D eigenvalue weighted by atomic mass is 16.3. The van der Waals surface area contributed by atoms with E-state index in [1.807, 2.05) is 18.2 Å². The molecule has 2 aliphatic rings. The Labute approximate surface area is 193 Å². The Morgan fingerprint density at radius 3 is 2.24 bits per heavy atom. The van der Waals surface area contributed by atoms with Gasteiger partial charge < -0.3 is 4.42 Å². The Morgan fingerprint density at radius 1 is 0.727 bits per heavy atom. The highest BCUT2D eigenvalue weighted by Gasteiger charge is 2.51. The van der Waals surface area contributed by atoms with E-state index in [2.05, 4.69) is 98.4 Å². The summed E-state index contributed by atoms with van der Waals surface area (Å²) in [5.74, 6) is 0. The molecule has 0 saturated carbocycles. The van der Waals surface area contributed by atoms with Crippen molar-refractivity contribution in [3.05, 3.63) is 138 Å². The first kappa shape index (κ1) is 18.5. The van der Waals surface area contributed by atoms with Crippen LogP contribution in [0.25, 0.3) is 38.6 Å². The first-order valence-corrected chi connectivity index (χ1v) is 11.4. The second-order valence-electron chi connectivity index (χ2n) is 8.93. The Morgan fingerprint density at radius 2 is 1.42 bits per heavy atom. The maximum absolute atomic E-state index is 6.28. The molecule has 1 unspecified atom stereocenters. The predicted molar refractivity (Wildman–Crippen MR) is 137 cm³/mol. The zero-order valence-electron chi connectivity index (χ0n) is 18.4. The second kappa shape index (κ2) is 6.46. The number of benzene rings is 4. The minimum atomic E-state index is -0.310. The zero-order valence-corrected chi connectivity index (χ0v) is 18.4. The van der Waals surface area contributed by atoms with Crippen molar-refractivity contribution in [3.8, 4) is 11.1 Å². The summed E-state index contributed by atoms with van der Waals surface area (Å²) in [6.07, 6.45) is 6.11. The standard InChI is InChI=1S/C32H22O/c1-3-4-11-21-20(2)32(25-15-8-5-12-22(21)25)26-16-9-6-13-23(26)30-27(32)18-19-29-31(30)24-14-7-10-17-28(24)33-29/h3-19H,1H2,2H3/b11-4-. The van der Waals surface area contributed by atoms with Gasteiger partial charge in [-0.25, -0.2) is 0 Å². The summed E-state index contributed by atoms with van der Waals surface area (Å²) < 4.78 is 6.28. The van der Waals surface area contributed by atoms with Gasteiger partial charge in [0, 0.05) is 10.8 Å². The van der Waals surface area contributed by atoms with E-state index in [0.29, 0.717) is 0 Å². The summed E-state index contributed by atoms with van der Waals surface area (Å²) in [7, 11) is 0. The lowest BCUT2D eigenvalue weighted by Gasteiger charge is -2.31. The SMILES string of the molecule is C=C/C=C\C1=C(C)C2(c3ccccc31)c1ccccc1-c1c2ccc2oc3ccccc3c12. The van der Waals surface area contributed by atoms with Gasteiger partial charge in [0.2, 0.25) is 0 Å². The molecule has 156 valence electrons. The van der Waals surface area contributed by atoms with Crippen molar-refractivity contribution in [3.63, 3.8) is 0 Å². The number of rotatable bonds is 2. The average molecular weight is 423 g/mol. The maximum Gasteiger partial charge on any atom is 0.136 e. The fourth-order valence-electron chi connectivity index (χ4n) is 6.31. The van der Waals surface area contributed by atoms with Gasteiger partial charge in [0.15, 0.2) is 0 Å². The van der Waals surface area contributed by atoms with Crippen LogP contribution in [0.3, 0.4) is 0 Å². The van der Waals surface area contributed by atoms with Gasteiger partial charge in [0.1, 0.15) is 11.2 Å². The number of furan rings is 1. The molecule has 0 bridgehead atoms. The Balaban J connectivity index is 1.71. The monoisotopic (exact) mass is 422 g/mol. The zero-order chi connectivity index (χ0) is 22.2. The van der Waals surface area contributed by atoms with Crippen LogP contribution >= 0.6 is 0 Å². The quantitative estimate of drug-likeness (QED) is 0.260. The molecule has 1 spiro atoms. The van der Waals surface area contributed by atoms with Crippen molar-refractivity contribution in [2.45, 2.75) is 12.3 Å². The molecule has 0 fully saturated rings. The number of allylic oxidation sites excluding steroid dienone is 5. The molecule has 1 atom stereocenters. The number of para-hydroxylation sites is 1. The molecule has 7 rings (SSSR count). The lowest BCUT2D eigenvalue weighted by atomic mass is 9.70. The number of hydrogen-bond acceptors (Lipinski definition) is 1. The lowest BCUT2D eigenvalue weighted by molar-refractivity contribution is 0.668. The molecule has 1 nitrogen and oxygen atoms in total. The van der Waals surface area contributed by atoms with Crippen LogP contribution in [0.5, 0.6) is 0 Å². The fraction of sp³-hybridized carbons (Fsp3) is 0.0625. The topological polar surface area (TPSA) is 13.1 Å². The van der Waals surface area contributed by atoms with E-state index in [9.17, 15) is 0 Å². The van der Waals surface area contributed by atoms with Crippen LogP contribution in [0, 0.1) is 0 Å². The molecule has 0 saturated heterocycles. The molecule has 4 aromatic carbocycles. The van der Waals surface area contributed by atoms with Gasteiger partial charge in [-0.2, -0.15) is 0 Å². The van der Waals surface area contributed by atoms with Gasteiger partial charge in [-0.15, -0.1) is 0 Å². The van der Waals surface area contributed by atoms with Crippen molar-refractivity contribution in [1.82, 2.24) is 0 Å². The van der Waals surface area contributed by atoms with Crippen molar-refractivity contribution >= 4 is 27.5 Å². The van der Waals surface area contributed by atoms with E-state index in [1.165, 1.54) is 55.3 Å². The summed E-state index contributed by atoms with van der Waals surface area (Å²) >= 11 is 0. The third-order valence-electron chi connectivity index (χ3n) is 7.53. The van der Waals surface area contributed by atoms with Crippen LogP contribution in [0.4, 0.5) is 0 Å². The molecule has 2 aliphatic carbocycles. The summed E-state index contributed by atoms with van der Waals surface area (Å²) in [6.45, 7) is 6.20. The molecule has 1 heteroatoms. The van der Waals surface area contributed by atoms with E-state index in [4.69, 9.17) is 4.42 Å². The fourth-order valence-corrected chi connectivity index (χ4v) is 6.31. The molecule has 33 heavy (non-hydrogen) atoms. The van der Waals surface area contributed by atoms with Crippen LogP contribution < -0.4 is 0 Å². The van der Waals surface area contributed by atoms with E-state index in [-0.39, 0.29) is 5.41 Å². The van der Waals surface area contributed by atoms with Crippen LogP contribution in [-0.4, -0.2) is 0 Å². The molecule has 0 amide bonds. The Hall–Kier alpha value is -4.10. The molecule has 0 N–H and O–H groups in total. The van der Waals surface area contributed by atoms with E-state index in [0.717, 1.165) is 11.2 Å². The predicted octanol–water partition coefficient (Wildman–Crippen LogP) is 8.43. The molecule has 1 aromatic heterocycles. The normalized spacial score (nSPS) is 18.5. The van der Waals surface area contributed by atoms with Crippen molar-refractivity contribution in [2.24, 2.45) is 0 Å². The van der Waals surface area contributed by atoms with Gasteiger partial charge >= 0.3 is 0 Å². The van der Waals surface area contributed by atoms with Crippen LogP contribution in [0.2, 0.25) is 0 Å². The third-order valence-corrected chi connectivity index (χ3v) is 7.53. The van der Waals surface area contributed by atoms with Crippen molar-refractivity contribution in [2.75, 3.05) is 0 Å². The van der Waals surface area contributed by atoms with Gasteiger partial charge in [-0.05, 0) is 63.6 Å². The third kappa shape index (κ3) is 2.12. The molecule has 5 aromatic rings. The van der Waals surface area contributed by atoms with E-state index < -0.39 is 0 Å². The van der Waals surface area contributed by atoms with Gasteiger partial charge in [-0.3, -0.25) is 0 Å². The minimum absolute atomic E-state index is 0.310. The summed E-state index contributed by atoms with van der Waals surface area (Å²) in [5, 5.41) is 2.39. The first-order valence-electron chi connectivity index (χ1n) is 11.4. The molecule has 0 aliphatic heterocycles. The minimum Gasteiger partial charge on any atom is -0.456 e. The number of fused-ring (bicyclic) bond motifs is 11.